The molecular weight excluding hydrogens is 373 g/mol. The summed E-state index contributed by atoms with van der Waals surface area (Å²) in [6.45, 7) is 1.84. The SMILES string of the molecule is O=C(Nc1ccc(C(F)(F)F)cc1)N1CCC(CO)(CC2CCCCO2)CC1. The molecule has 0 spiro atoms. The first-order chi connectivity index (χ1) is 13.3. The van der Waals surface area contributed by atoms with Crippen LogP contribution in [0.4, 0.5) is 23.7 Å². The Kier molecular flexibility index (Phi) is 6.50. The molecule has 1 unspecified atom stereocenters. The van der Waals surface area contributed by atoms with Crippen molar-refractivity contribution in [3.8, 4) is 0 Å². The van der Waals surface area contributed by atoms with Gasteiger partial charge in [0.25, 0.3) is 0 Å². The largest absolute Gasteiger partial charge is 0.416 e. The van der Waals surface area contributed by atoms with Crippen LogP contribution >= 0.6 is 0 Å². The first kappa shape index (κ1) is 20.9. The zero-order valence-corrected chi connectivity index (χ0v) is 15.8. The predicted molar refractivity (Wildman–Crippen MR) is 99.0 cm³/mol. The van der Waals surface area contributed by atoms with Crippen LogP contribution in [0.2, 0.25) is 0 Å². The molecule has 3 rings (SSSR count). The van der Waals surface area contributed by atoms with E-state index in [1.807, 2.05) is 0 Å². The molecule has 156 valence electrons. The molecule has 2 amide bonds. The number of carbonyl (C=O) groups excluding carboxylic acids is 1. The Morgan fingerprint density at radius 3 is 2.43 bits per heavy atom. The Morgan fingerprint density at radius 1 is 1.21 bits per heavy atom. The number of amides is 2. The highest BCUT2D eigenvalue weighted by atomic mass is 19.4. The van der Waals surface area contributed by atoms with E-state index in [0.29, 0.717) is 31.6 Å². The lowest BCUT2D eigenvalue weighted by atomic mass is 9.74. The number of piperidine rings is 1. The molecule has 2 aliphatic rings. The van der Waals surface area contributed by atoms with Crippen LogP contribution in [0, 0.1) is 5.41 Å². The van der Waals surface area contributed by atoms with Gasteiger partial charge in [-0.3, -0.25) is 0 Å². The van der Waals surface area contributed by atoms with Gasteiger partial charge >= 0.3 is 12.2 Å². The molecule has 0 radical (unpaired) electrons. The van der Waals surface area contributed by atoms with E-state index in [-0.39, 0.29) is 24.2 Å². The number of anilines is 1. The fraction of sp³-hybridized carbons (Fsp3) is 0.650. The summed E-state index contributed by atoms with van der Waals surface area (Å²) < 4.78 is 43.7. The number of rotatable bonds is 4. The van der Waals surface area contributed by atoms with E-state index in [4.69, 9.17) is 4.74 Å². The second kappa shape index (κ2) is 8.69. The maximum absolute atomic E-state index is 12.6. The van der Waals surface area contributed by atoms with Gasteiger partial charge in [0.15, 0.2) is 0 Å². The topological polar surface area (TPSA) is 61.8 Å². The molecule has 1 atom stereocenters. The zero-order valence-electron chi connectivity index (χ0n) is 15.8. The third-order valence-electron chi connectivity index (χ3n) is 5.84. The van der Waals surface area contributed by atoms with E-state index in [1.54, 1.807) is 4.90 Å². The summed E-state index contributed by atoms with van der Waals surface area (Å²) in [5, 5.41) is 12.6. The van der Waals surface area contributed by atoms with Gasteiger partial charge in [-0.25, -0.2) is 4.79 Å². The quantitative estimate of drug-likeness (QED) is 0.793. The van der Waals surface area contributed by atoms with Crippen LogP contribution < -0.4 is 5.32 Å². The van der Waals surface area contributed by atoms with Gasteiger partial charge in [-0.2, -0.15) is 13.2 Å². The van der Waals surface area contributed by atoms with Crippen LogP contribution in [0.15, 0.2) is 24.3 Å². The van der Waals surface area contributed by atoms with Crippen molar-refractivity contribution in [2.24, 2.45) is 5.41 Å². The van der Waals surface area contributed by atoms with Gasteiger partial charge < -0.3 is 20.1 Å². The molecule has 0 aromatic heterocycles. The summed E-state index contributed by atoms with van der Waals surface area (Å²) in [5.74, 6) is 0. The first-order valence-corrected chi connectivity index (χ1v) is 9.77. The third kappa shape index (κ3) is 5.17. The van der Waals surface area contributed by atoms with E-state index in [1.165, 1.54) is 12.1 Å². The van der Waals surface area contributed by atoms with Gasteiger partial charge in [0.2, 0.25) is 0 Å². The van der Waals surface area contributed by atoms with Crippen LogP contribution in [0.25, 0.3) is 0 Å². The van der Waals surface area contributed by atoms with Crippen molar-refractivity contribution in [2.45, 2.75) is 50.8 Å². The normalized spacial score (nSPS) is 22.7. The Morgan fingerprint density at radius 2 is 1.89 bits per heavy atom. The van der Waals surface area contributed by atoms with Crippen molar-refractivity contribution < 1.29 is 27.8 Å². The van der Waals surface area contributed by atoms with E-state index in [9.17, 15) is 23.1 Å². The number of halogens is 3. The smallest absolute Gasteiger partial charge is 0.396 e. The van der Waals surface area contributed by atoms with Crippen molar-refractivity contribution >= 4 is 11.7 Å². The molecule has 1 aromatic rings. The highest BCUT2D eigenvalue weighted by molar-refractivity contribution is 5.89. The number of urea groups is 1. The number of likely N-dealkylation sites (tertiary alicyclic amines) is 1. The second-order valence-electron chi connectivity index (χ2n) is 7.84. The van der Waals surface area contributed by atoms with Crippen molar-refractivity contribution in [3.63, 3.8) is 0 Å². The Bertz CT molecular complexity index is 650. The lowest BCUT2D eigenvalue weighted by Gasteiger charge is -2.43. The number of alkyl halides is 3. The van der Waals surface area contributed by atoms with Crippen LogP contribution in [0.3, 0.4) is 0 Å². The molecule has 0 aliphatic carbocycles. The Hall–Kier alpha value is -1.80. The van der Waals surface area contributed by atoms with E-state index < -0.39 is 11.7 Å². The number of hydrogen-bond acceptors (Lipinski definition) is 3. The average molecular weight is 400 g/mol. The zero-order chi connectivity index (χ0) is 20.2. The molecule has 5 nitrogen and oxygen atoms in total. The molecule has 2 heterocycles. The van der Waals surface area contributed by atoms with Crippen LogP contribution in [-0.2, 0) is 10.9 Å². The van der Waals surface area contributed by atoms with Crippen molar-refractivity contribution in [1.82, 2.24) is 4.90 Å². The summed E-state index contributed by atoms with van der Waals surface area (Å²) >= 11 is 0. The van der Waals surface area contributed by atoms with Gasteiger partial charge in [-0.15, -0.1) is 0 Å². The summed E-state index contributed by atoms with van der Waals surface area (Å²) in [5.41, 5.74) is -0.651. The average Bonchev–Trinajstić information content (AvgIpc) is 2.69. The van der Waals surface area contributed by atoms with Crippen molar-refractivity contribution in [2.75, 3.05) is 31.6 Å². The molecule has 2 N–H and O–H groups in total. The first-order valence-electron chi connectivity index (χ1n) is 9.77. The molecule has 0 saturated carbocycles. The van der Waals surface area contributed by atoms with Gasteiger partial charge in [0, 0.05) is 32.0 Å². The number of hydrogen-bond donors (Lipinski definition) is 2. The Balaban J connectivity index is 1.52. The predicted octanol–water partition coefficient (Wildman–Crippen LogP) is 4.27. The fourth-order valence-corrected chi connectivity index (χ4v) is 4.01. The van der Waals surface area contributed by atoms with Crippen molar-refractivity contribution in [3.05, 3.63) is 29.8 Å². The van der Waals surface area contributed by atoms with Gasteiger partial charge in [-0.1, -0.05) is 0 Å². The minimum atomic E-state index is -4.40. The van der Waals surface area contributed by atoms with E-state index in [0.717, 1.165) is 44.4 Å². The molecule has 8 heteroatoms. The highest BCUT2D eigenvalue weighted by Gasteiger charge is 2.38. The standard InChI is InChI=1S/C20H27F3N2O3/c21-20(22,23)15-4-6-16(7-5-15)24-18(27)25-10-8-19(14-26,9-11-25)13-17-3-1-2-12-28-17/h4-7,17,26H,1-3,8-14H2,(H,24,27). The molecule has 2 saturated heterocycles. The summed E-state index contributed by atoms with van der Waals surface area (Å²) in [6.07, 6.45) is 1.19. The molecular formula is C20H27F3N2O3. The number of benzene rings is 1. The van der Waals surface area contributed by atoms with Crippen molar-refractivity contribution in [1.29, 1.82) is 0 Å². The summed E-state index contributed by atoms with van der Waals surface area (Å²) in [7, 11) is 0. The minimum absolute atomic E-state index is 0.0707. The number of nitrogens with one attached hydrogen (secondary N) is 1. The van der Waals surface area contributed by atoms with E-state index >= 15 is 0 Å². The molecule has 2 aliphatic heterocycles. The highest BCUT2D eigenvalue weighted by Crippen LogP contribution is 2.38. The summed E-state index contributed by atoms with van der Waals surface area (Å²) in [4.78, 5) is 14.1. The van der Waals surface area contributed by atoms with E-state index in [2.05, 4.69) is 5.32 Å². The maximum atomic E-state index is 12.6. The number of nitrogens with zero attached hydrogens (tertiary/aromatic N) is 1. The van der Waals surface area contributed by atoms with Gasteiger partial charge in [-0.05, 0) is 68.2 Å². The Labute approximate surface area is 162 Å². The fourth-order valence-electron chi connectivity index (χ4n) is 4.01. The molecule has 2 fully saturated rings. The number of carbonyl (C=O) groups is 1. The monoisotopic (exact) mass is 400 g/mol. The second-order valence-corrected chi connectivity index (χ2v) is 7.84. The minimum Gasteiger partial charge on any atom is -0.396 e. The van der Waals surface area contributed by atoms with Crippen LogP contribution in [0.1, 0.15) is 44.1 Å². The number of aliphatic hydroxyl groups excluding tert-OH is 1. The number of ether oxygens (including phenoxy) is 1. The van der Waals surface area contributed by atoms with Crippen LogP contribution in [-0.4, -0.2) is 48.4 Å². The lowest BCUT2D eigenvalue weighted by Crippen LogP contribution is -2.47. The molecule has 1 aromatic carbocycles. The van der Waals surface area contributed by atoms with Crippen LogP contribution in [0.5, 0.6) is 0 Å². The maximum Gasteiger partial charge on any atom is 0.416 e. The lowest BCUT2D eigenvalue weighted by molar-refractivity contribution is -0.137. The molecule has 28 heavy (non-hydrogen) atoms. The third-order valence-corrected chi connectivity index (χ3v) is 5.84. The number of aliphatic hydroxyl groups is 1. The van der Waals surface area contributed by atoms with Gasteiger partial charge in [0.1, 0.15) is 0 Å². The van der Waals surface area contributed by atoms with Gasteiger partial charge in [0.05, 0.1) is 11.7 Å². The summed E-state index contributed by atoms with van der Waals surface area (Å²) in [6, 6.07) is 4.08. The molecule has 0 bridgehead atoms.